The molecule has 2 aromatic rings. The van der Waals surface area contributed by atoms with Gasteiger partial charge in [-0.05, 0) is 47.2 Å². The van der Waals surface area contributed by atoms with Gasteiger partial charge in [-0.15, -0.1) is 5.10 Å². The van der Waals surface area contributed by atoms with Crippen LogP contribution in [0.3, 0.4) is 0 Å². The molecule has 0 bridgehead atoms. The fraction of sp³-hybridized carbons (Fsp3) is 0.417. The maximum absolute atomic E-state index is 4.05. The zero-order valence-corrected chi connectivity index (χ0v) is 11.2. The summed E-state index contributed by atoms with van der Waals surface area (Å²) in [5.74, 6) is 0. The zero-order valence-electron chi connectivity index (χ0n) is 10.3. The van der Waals surface area contributed by atoms with E-state index in [2.05, 4.69) is 47.6 Å². The van der Waals surface area contributed by atoms with Crippen LogP contribution in [-0.4, -0.2) is 26.5 Å². The minimum absolute atomic E-state index is 0.821. The molecule has 0 radical (unpaired) electrons. The van der Waals surface area contributed by atoms with Crippen molar-refractivity contribution in [2.75, 3.05) is 6.26 Å². The van der Waals surface area contributed by atoms with Gasteiger partial charge in [0, 0.05) is 0 Å². The van der Waals surface area contributed by atoms with E-state index in [4.69, 9.17) is 0 Å². The van der Waals surface area contributed by atoms with Gasteiger partial charge in [-0.1, -0.05) is 37.2 Å². The Morgan fingerprint density at radius 1 is 1.35 bits per heavy atom. The molecule has 1 aromatic heterocycles. The lowest BCUT2D eigenvalue weighted by atomic mass is 10.1. The van der Waals surface area contributed by atoms with Crippen molar-refractivity contribution in [3.05, 3.63) is 29.3 Å². The van der Waals surface area contributed by atoms with Crippen molar-refractivity contribution >= 4 is 11.8 Å². The molecule has 0 aliphatic heterocycles. The van der Waals surface area contributed by atoms with E-state index >= 15 is 0 Å². The van der Waals surface area contributed by atoms with Crippen LogP contribution in [0.4, 0.5) is 0 Å². The first-order chi connectivity index (χ1) is 8.26. The van der Waals surface area contributed by atoms with E-state index in [1.807, 2.05) is 6.26 Å². The van der Waals surface area contributed by atoms with E-state index in [1.165, 1.54) is 11.1 Å². The van der Waals surface area contributed by atoms with Crippen molar-refractivity contribution in [2.24, 2.45) is 0 Å². The predicted octanol–water partition coefficient (Wildman–Crippen LogP) is 2.65. The summed E-state index contributed by atoms with van der Waals surface area (Å²) in [5, 5.41) is 12.6. The highest BCUT2D eigenvalue weighted by Crippen LogP contribution is 2.20. The van der Waals surface area contributed by atoms with Gasteiger partial charge < -0.3 is 0 Å². The Kier molecular flexibility index (Phi) is 3.78. The Balaban J connectivity index is 2.46. The van der Waals surface area contributed by atoms with Crippen LogP contribution in [0.15, 0.2) is 23.4 Å². The van der Waals surface area contributed by atoms with Crippen LogP contribution in [0.2, 0.25) is 0 Å². The number of aromatic nitrogens is 4. The van der Waals surface area contributed by atoms with Gasteiger partial charge in [-0.3, -0.25) is 0 Å². The molecule has 5 heteroatoms. The van der Waals surface area contributed by atoms with E-state index < -0.39 is 0 Å². The van der Waals surface area contributed by atoms with Crippen molar-refractivity contribution in [1.82, 2.24) is 20.2 Å². The first kappa shape index (κ1) is 12.1. The summed E-state index contributed by atoms with van der Waals surface area (Å²) < 4.78 is 1.80. The van der Waals surface area contributed by atoms with Gasteiger partial charge in [0.1, 0.15) is 0 Å². The quantitative estimate of drug-likeness (QED) is 0.780. The number of rotatable bonds is 4. The van der Waals surface area contributed by atoms with Crippen molar-refractivity contribution in [3.63, 3.8) is 0 Å². The molecule has 0 saturated carbocycles. The first-order valence-corrected chi connectivity index (χ1v) is 6.91. The molecule has 0 spiro atoms. The molecule has 4 nitrogen and oxygen atoms in total. The molecule has 0 unspecified atom stereocenters. The summed E-state index contributed by atoms with van der Waals surface area (Å²) in [7, 11) is 0. The lowest BCUT2D eigenvalue weighted by Gasteiger charge is -2.08. The standard InChI is InChI=1S/C12H16N4S/c1-4-5-10-7-6-9(2)11(8-10)16-12(17-3)13-14-15-16/h6-8H,4-5H2,1-3H3. The molecule has 17 heavy (non-hydrogen) atoms. The van der Waals surface area contributed by atoms with Gasteiger partial charge in [0.15, 0.2) is 0 Å². The third-order valence-electron chi connectivity index (χ3n) is 2.66. The number of nitrogens with zero attached hydrogens (tertiary/aromatic N) is 4. The molecule has 0 aliphatic rings. The molecule has 0 fully saturated rings. The van der Waals surface area contributed by atoms with Crippen LogP contribution in [0, 0.1) is 6.92 Å². The molecule has 0 amide bonds. The Labute approximate surface area is 105 Å². The number of hydrogen-bond acceptors (Lipinski definition) is 4. The fourth-order valence-corrected chi connectivity index (χ4v) is 2.21. The average Bonchev–Trinajstić information content (AvgIpc) is 2.80. The van der Waals surface area contributed by atoms with E-state index in [1.54, 1.807) is 16.4 Å². The van der Waals surface area contributed by atoms with E-state index in [9.17, 15) is 0 Å². The summed E-state index contributed by atoms with van der Waals surface area (Å²) in [6.45, 7) is 4.26. The van der Waals surface area contributed by atoms with Crippen LogP contribution in [-0.2, 0) is 6.42 Å². The van der Waals surface area contributed by atoms with E-state index in [-0.39, 0.29) is 0 Å². The summed E-state index contributed by atoms with van der Waals surface area (Å²) >= 11 is 1.55. The second kappa shape index (κ2) is 5.31. The van der Waals surface area contributed by atoms with Gasteiger partial charge in [-0.2, -0.15) is 4.68 Å². The van der Waals surface area contributed by atoms with Crippen LogP contribution < -0.4 is 0 Å². The second-order valence-corrected chi connectivity index (χ2v) is 4.72. The minimum Gasteiger partial charge on any atom is -0.187 e. The largest absolute Gasteiger partial charge is 0.213 e. The van der Waals surface area contributed by atoms with E-state index in [0.717, 1.165) is 23.7 Å². The minimum atomic E-state index is 0.821. The normalized spacial score (nSPS) is 10.8. The SMILES string of the molecule is CCCc1ccc(C)c(-n2nnnc2SC)c1. The lowest BCUT2D eigenvalue weighted by Crippen LogP contribution is -2.02. The number of thioether (sulfide) groups is 1. The van der Waals surface area contributed by atoms with Crippen molar-refractivity contribution in [2.45, 2.75) is 31.8 Å². The molecule has 1 aromatic carbocycles. The Morgan fingerprint density at radius 2 is 2.18 bits per heavy atom. The third-order valence-corrected chi connectivity index (χ3v) is 3.28. The Hall–Kier alpha value is -1.36. The topological polar surface area (TPSA) is 43.6 Å². The Morgan fingerprint density at radius 3 is 2.88 bits per heavy atom. The maximum atomic E-state index is 4.05. The lowest BCUT2D eigenvalue weighted by molar-refractivity contribution is 0.750. The molecular weight excluding hydrogens is 232 g/mol. The van der Waals surface area contributed by atoms with Crippen LogP contribution >= 0.6 is 11.8 Å². The highest BCUT2D eigenvalue weighted by Gasteiger charge is 2.09. The molecule has 0 aliphatic carbocycles. The molecule has 0 atom stereocenters. The van der Waals surface area contributed by atoms with Gasteiger partial charge in [0.25, 0.3) is 0 Å². The second-order valence-electron chi connectivity index (χ2n) is 3.95. The molecular formula is C12H16N4S. The number of benzene rings is 1. The van der Waals surface area contributed by atoms with Crippen LogP contribution in [0.25, 0.3) is 5.69 Å². The van der Waals surface area contributed by atoms with Crippen molar-refractivity contribution < 1.29 is 0 Å². The van der Waals surface area contributed by atoms with Gasteiger partial charge in [-0.25, -0.2) is 0 Å². The average molecular weight is 248 g/mol. The molecule has 0 saturated heterocycles. The fourth-order valence-electron chi connectivity index (χ4n) is 1.78. The van der Waals surface area contributed by atoms with Crippen LogP contribution in [0.5, 0.6) is 0 Å². The summed E-state index contributed by atoms with van der Waals surface area (Å²) in [6, 6.07) is 6.48. The first-order valence-electron chi connectivity index (χ1n) is 5.68. The van der Waals surface area contributed by atoms with Gasteiger partial charge in [0.2, 0.25) is 5.16 Å². The molecule has 0 N–H and O–H groups in total. The van der Waals surface area contributed by atoms with Gasteiger partial charge in [0.05, 0.1) is 5.69 Å². The Bertz CT molecular complexity index is 507. The van der Waals surface area contributed by atoms with Crippen molar-refractivity contribution in [3.8, 4) is 5.69 Å². The monoisotopic (exact) mass is 248 g/mol. The van der Waals surface area contributed by atoms with E-state index in [0.29, 0.717) is 0 Å². The zero-order chi connectivity index (χ0) is 12.3. The number of aryl methyl sites for hydroxylation is 2. The molecule has 1 heterocycles. The van der Waals surface area contributed by atoms with Gasteiger partial charge >= 0.3 is 0 Å². The maximum Gasteiger partial charge on any atom is 0.213 e. The highest BCUT2D eigenvalue weighted by atomic mass is 32.2. The summed E-state index contributed by atoms with van der Waals surface area (Å²) in [4.78, 5) is 0. The predicted molar refractivity (Wildman–Crippen MR) is 69.7 cm³/mol. The molecule has 90 valence electrons. The third kappa shape index (κ3) is 2.49. The van der Waals surface area contributed by atoms with Crippen molar-refractivity contribution in [1.29, 1.82) is 0 Å². The smallest absolute Gasteiger partial charge is 0.187 e. The molecule has 2 rings (SSSR count). The number of tetrazole rings is 1. The number of hydrogen-bond donors (Lipinski definition) is 0. The summed E-state index contributed by atoms with van der Waals surface area (Å²) in [5.41, 5.74) is 3.59. The van der Waals surface area contributed by atoms with Crippen LogP contribution in [0.1, 0.15) is 24.5 Å². The summed E-state index contributed by atoms with van der Waals surface area (Å²) in [6.07, 6.45) is 4.21. The highest BCUT2D eigenvalue weighted by molar-refractivity contribution is 7.98.